The topological polar surface area (TPSA) is 32.3 Å². The lowest BCUT2D eigenvalue weighted by Crippen LogP contribution is -2.25. The summed E-state index contributed by atoms with van der Waals surface area (Å²) in [5.41, 5.74) is 2.52. The van der Waals surface area contributed by atoms with Gasteiger partial charge in [0.25, 0.3) is 0 Å². The van der Waals surface area contributed by atoms with Crippen LogP contribution in [-0.2, 0) is 0 Å². The quantitative estimate of drug-likeness (QED) is 0.663. The van der Waals surface area contributed by atoms with Gasteiger partial charge in [0.2, 0.25) is 0 Å². The monoisotopic (exact) mass is 195 g/mol. The molecule has 0 aromatic carbocycles. The van der Waals surface area contributed by atoms with Crippen LogP contribution in [0.15, 0.2) is 23.4 Å². The molecular weight excluding hydrogens is 174 g/mol. The maximum atomic E-state index is 9.14. The summed E-state index contributed by atoms with van der Waals surface area (Å²) < 4.78 is 0. The highest BCUT2D eigenvalue weighted by Crippen LogP contribution is 2.48. The Morgan fingerprint density at radius 1 is 1.50 bits per heavy atom. The van der Waals surface area contributed by atoms with E-state index in [1.165, 1.54) is 12.0 Å². The highest BCUT2D eigenvalue weighted by Gasteiger charge is 2.39. The van der Waals surface area contributed by atoms with Crippen LogP contribution >= 0.6 is 0 Å². The number of aliphatic hydroxyl groups is 1. The van der Waals surface area contributed by atoms with E-state index in [9.17, 15) is 0 Å². The highest BCUT2D eigenvalue weighted by atomic mass is 16.3. The predicted molar refractivity (Wildman–Crippen MR) is 59.6 cm³/mol. The molecule has 1 saturated carbocycles. The average molecular weight is 195 g/mol. The van der Waals surface area contributed by atoms with Crippen LogP contribution < -0.4 is 5.32 Å². The number of fused-ring (bicyclic) bond motifs is 1. The fraction of sp³-hybridized carbons (Fsp3) is 0.667. The van der Waals surface area contributed by atoms with E-state index in [-0.39, 0.29) is 0 Å². The zero-order valence-corrected chi connectivity index (χ0v) is 9.54. The molecule has 0 heterocycles. The zero-order chi connectivity index (χ0) is 10.7. The summed E-state index contributed by atoms with van der Waals surface area (Å²) in [6.07, 6.45) is 5.18. The fourth-order valence-corrected chi connectivity index (χ4v) is 1.86. The largest absolute Gasteiger partial charge is 0.374 e. The van der Waals surface area contributed by atoms with Gasteiger partial charge < -0.3 is 10.4 Å². The molecule has 0 aromatic heterocycles. The first-order valence-electron chi connectivity index (χ1n) is 5.52. The van der Waals surface area contributed by atoms with Gasteiger partial charge in [0, 0.05) is 5.70 Å². The lowest BCUT2D eigenvalue weighted by molar-refractivity contribution is 0.170. The van der Waals surface area contributed by atoms with Crippen LogP contribution in [0, 0.1) is 11.8 Å². The third-order valence-corrected chi connectivity index (χ3v) is 2.70. The minimum Gasteiger partial charge on any atom is -0.374 e. The van der Waals surface area contributed by atoms with Crippen molar-refractivity contribution in [1.29, 1.82) is 0 Å². The van der Waals surface area contributed by atoms with Crippen LogP contribution in [0.1, 0.15) is 34.1 Å². The first-order valence-corrected chi connectivity index (χ1v) is 5.52. The molecular formula is C12H21NO. The van der Waals surface area contributed by atoms with E-state index in [0.717, 1.165) is 17.5 Å². The van der Waals surface area contributed by atoms with Gasteiger partial charge in [0.05, 0.1) is 0 Å². The van der Waals surface area contributed by atoms with Crippen molar-refractivity contribution in [3.8, 4) is 0 Å². The normalized spacial score (nSPS) is 30.1. The summed E-state index contributed by atoms with van der Waals surface area (Å²) in [6.45, 7) is 7.89. The molecule has 0 aliphatic heterocycles. The molecule has 0 amide bonds. The molecule has 2 aliphatic rings. The van der Waals surface area contributed by atoms with Crippen LogP contribution in [0.4, 0.5) is 0 Å². The Morgan fingerprint density at radius 3 is 2.71 bits per heavy atom. The van der Waals surface area contributed by atoms with Crippen LogP contribution in [0.3, 0.4) is 0 Å². The Morgan fingerprint density at radius 2 is 2.14 bits per heavy atom. The Bertz CT molecular complexity index is 253. The Labute approximate surface area is 86.7 Å². The van der Waals surface area contributed by atoms with Crippen LogP contribution in [0.2, 0.25) is 0 Å². The first-order chi connectivity index (χ1) is 6.68. The molecule has 2 rings (SSSR count). The van der Waals surface area contributed by atoms with Crippen molar-refractivity contribution in [2.24, 2.45) is 11.8 Å². The Kier molecular flexibility index (Phi) is 3.76. The second-order valence-electron chi connectivity index (χ2n) is 3.78. The van der Waals surface area contributed by atoms with Crippen molar-refractivity contribution in [3.05, 3.63) is 23.4 Å². The highest BCUT2D eigenvalue weighted by molar-refractivity contribution is 5.35. The van der Waals surface area contributed by atoms with Crippen molar-refractivity contribution in [3.63, 3.8) is 0 Å². The molecule has 2 aliphatic carbocycles. The zero-order valence-electron chi connectivity index (χ0n) is 9.54. The van der Waals surface area contributed by atoms with Gasteiger partial charge >= 0.3 is 0 Å². The molecule has 2 nitrogen and oxygen atoms in total. The molecule has 0 aromatic rings. The van der Waals surface area contributed by atoms with E-state index in [0.29, 0.717) is 0 Å². The third kappa shape index (κ3) is 2.38. The third-order valence-electron chi connectivity index (χ3n) is 2.70. The lowest BCUT2D eigenvalue weighted by atomic mass is 10.0. The number of allylic oxidation sites excluding steroid dienone is 3. The molecule has 3 atom stereocenters. The van der Waals surface area contributed by atoms with Gasteiger partial charge in [-0.3, -0.25) is 0 Å². The summed E-state index contributed by atoms with van der Waals surface area (Å²) in [5.74, 6) is 1.56. The maximum absolute atomic E-state index is 9.14. The SMILES string of the molecule is CC.CC1=C(NC(C)O)C=CC2CC12. The standard InChI is InChI=1S/C10H15NO.C2H6/c1-6-9-5-8(9)3-4-10(6)11-7(2)12;1-2/h3-4,7-9,11-12H,5H2,1-2H3;1-2H3. The van der Waals surface area contributed by atoms with Crippen molar-refractivity contribution in [2.75, 3.05) is 0 Å². The number of hydrogen-bond acceptors (Lipinski definition) is 2. The Balaban J connectivity index is 0.000000461. The van der Waals surface area contributed by atoms with Crippen LogP contribution in [-0.4, -0.2) is 11.3 Å². The second kappa shape index (κ2) is 4.65. The van der Waals surface area contributed by atoms with Gasteiger partial charge in [-0.25, -0.2) is 0 Å². The summed E-state index contributed by atoms with van der Waals surface area (Å²) in [5, 5.41) is 12.2. The molecule has 0 bridgehead atoms. The van der Waals surface area contributed by atoms with Gasteiger partial charge in [0.15, 0.2) is 0 Å². The lowest BCUT2D eigenvalue weighted by Gasteiger charge is -2.16. The minimum atomic E-state index is -0.449. The van der Waals surface area contributed by atoms with E-state index in [2.05, 4.69) is 24.4 Å². The van der Waals surface area contributed by atoms with E-state index in [4.69, 9.17) is 5.11 Å². The summed E-state index contributed by atoms with van der Waals surface area (Å²) in [7, 11) is 0. The smallest absolute Gasteiger partial charge is 0.121 e. The first kappa shape index (κ1) is 11.3. The van der Waals surface area contributed by atoms with Crippen LogP contribution in [0.5, 0.6) is 0 Å². The van der Waals surface area contributed by atoms with Gasteiger partial charge in [-0.05, 0) is 43.8 Å². The Hall–Kier alpha value is -0.760. The van der Waals surface area contributed by atoms with Crippen molar-refractivity contribution in [2.45, 2.75) is 40.3 Å². The molecule has 80 valence electrons. The van der Waals surface area contributed by atoms with Crippen molar-refractivity contribution < 1.29 is 5.11 Å². The minimum absolute atomic E-state index is 0.449. The second-order valence-corrected chi connectivity index (χ2v) is 3.78. The predicted octanol–water partition coefficient (Wildman–Crippen LogP) is 2.42. The van der Waals surface area contributed by atoms with Gasteiger partial charge in [-0.2, -0.15) is 0 Å². The van der Waals surface area contributed by atoms with E-state index < -0.39 is 6.23 Å². The number of rotatable bonds is 2. The number of nitrogens with one attached hydrogen (secondary N) is 1. The maximum Gasteiger partial charge on any atom is 0.121 e. The molecule has 0 radical (unpaired) electrons. The molecule has 3 unspecified atom stereocenters. The van der Waals surface area contributed by atoms with E-state index in [1.54, 1.807) is 6.92 Å². The van der Waals surface area contributed by atoms with Gasteiger partial charge in [-0.15, -0.1) is 0 Å². The average Bonchev–Trinajstić information content (AvgIpc) is 2.93. The van der Waals surface area contributed by atoms with E-state index >= 15 is 0 Å². The molecule has 2 N–H and O–H groups in total. The van der Waals surface area contributed by atoms with Gasteiger partial charge in [0.1, 0.15) is 6.23 Å². The summed E-state index contributed by atoms with van der Waals surface area (Å²) >= 11 is 0. The van der Waals surface area contributed by atoms with E-state index in [1.807, 2.05) is 13.8 Å². The molecule has 0 saturated heterocycles. The molecule has 0 spiro atoms. The van der Waals surface area contributed by atoms with Crippen LogP contribution in [0.25, 0.3) is 0 Å². The molecule has 14 heavy (non-hydrogen) atoms. The van der Waals surface area contributed by atoms with Crippen molar-refractivity contribution >= 4 is 0 Å². The molecule has 1 fully saturated rings. The number of aliphatic hydroxyl groups excluding tert-OH is 1. The summed E-state index contributed by atoms with van der Waals surface area (Å²) in [6, 6.07) is 0. The fourth-order valence-electron chi connectivity index (χ4n) is 1.86. The van der Waals surface area contributed by atoms with Crippen molar-refractivity contribution in [1.82, 2.24) is 5.32 Å². The molecule has 2 heteroatoms. The summed E-state index contributed by atoms with van der Waals surface area (Å²) in [4.78, 5) is 0. The van der Waals surface area contributed by atoms with Gasteiger partial charge in [-0.1, -0.05) is 19.9 Å². The number of hydrogen-bond donors (Lipinski definition) is 2.